The number of amides is 4. The molecule has 0 bridgehead atoms. The predicted molar refractivity (Wildman–Crippen MR) is 130 cm³/mol. The number of esters is 1. The van der Waals surface area contributed by atoms with E-state index in [4.69, 9.17) is 19.6 Å². The van der Waals surface area contributed by atoms with Crippen molar-refractivity contribution >= 4 is 35.7 Å². The van der Waals surface area contributed by atoms with Crippen LogP contribution in [0.4, 0.5) is 20.1 Å². The minimum absolute atomic E-state index is 0.0728. The van der Waals surface area contributed by atoms with E-state index in [9.17, 15) is 19.2 Å². The molecule has 2 heterocycles. The maximum Gasteiger partial charge on any atom is 0.417 e. The Morgan fingerprint density at radius 1 is 1.11 bits per heavy atom. The van der Waals surface area contributed by atoms with Crippen molar-refractivity contribution in [1.82, 2.24) is 15.1 Å². The fraction of sp³-hybridized carbons (Fsp3) is 0.542. The van der Waals surface area contributed by atoms with Crippen LogP contribution in [0.1, 0.15) is 32.3 Å². The minimum atomic E-state index is -0.816. The van der Waals surface area contributed by atoms with E-state index in [0.29, 0.717) is 30.9 Å². The molecular formula is C24H33N5O7. The lowest BCUT2D eigenvalue weighted by Crippen LogP contribution is -2.44. The molecule has 0 aromatic heterocycles. The van der Waals surface area contributed by atoms with Gasteiger partial charge >= 0.3 is 24.2 Å². The molecule has 1 atom stereocenters. The number of hydrogen-bond donors (Lipinski definition) is 2. The summed E-state index contributed by atoms with van der Waals surface area (Å²) >= 11 is 0. The van der Waals surface area contributed by atoms with Crippen LogP contribution in [0.25, 0.3) is 0 Å². The van der Waals surface area contributed by atoms with Gasteiger partial charge in [-0.25, -0.2) is 19.3 Å². The third-order valence-corrected chi connectivity index (χ3v) is 6.09. The predicted octanol–water partition coefficient (Wildman–Crippen LogP) is 2.41. The van der Waals surface area contributed by atoms with Gasteiger partial charge in [-0.15, -0.1) is 0 Å². The summed E-state index contributed by atoms with van der Waals surface area (Å²) in [4.78, 5) is 52.6. The Hall–Kier alpha value is -3.67. The van der Waals surface area contributed by atoms with E-state index in [0.717, 1.165) is 30.8 Å². The molecule has 1 unspecified atom stereocenters. The molecule has 1 aromatic rings. The minimum Gasteiger partial charge on any atom is -0.466 e. The molecule has 0 spiro atoms. The molecule has 36 heavy (non-hydrogen) atoms. The zero-order valence-corrected chi connectivity index (χ0v) is 20.8. The first kappa shape index (κ1) is 26.9. The van der Waals surface area contributed by atoms with Crippen molar-refractivity contribution in [3.63, 3.8) is 0 Å². The number of imide groups is 1. The second-order valence-corrected chi connectivity index (χ2v) is 8.55. The second-order valence-electron chi connectivity index (χ2n) is 8.55. The first-order valence-corrected chi connectivity index (χ1v) is 12.0. The highest BCUT2D eigenvalue weighted by molar-refractivity contribution is 6.08. The van der Waals surface area contributed by atoms with Crippen molar-refractivity contribution in [3.05, 3.63) is 29.8 Å². The van der Waals surface area contributed by atoms with E-state index >= 15 is 0 Å². The number of carbonyl (C=O) groups excluding carboxylic acids is 4. The zero-order valence-electron chi connectivity index (χ0n) is 20.8. The van der Waals surface area contributed by atoms with Crippen LogP contribution in [0.5, 0.6) is 0 Å². The van der Waals surface area contributed by atoms with E-state index in [1.807, 2.05) is 0 Å². The maximum absolute atomic E-state index is 12.5. The van der Waals surface area contributed by atoms with Gasteiger partial charge in [0.1, 0.15) is 11.9 Å². The summed E-state index contributed by atoms with van der Waals surface area (Å²) in [6, 6.07) is 5.74. The van der Waals surface area contributed by atoms with Crippen LogP contribution in [-0.4, -0.2) is 92.4 Å². The van der Waals surface area contributed by atoms with Gasteiger partial charge in [-0.1, -0.05) is 0 Å². The summed E-state index contributed by atoms with van der Waals surface area (Å²) in [7, 11) is 1.25. The molecule has 1 aromatic carbocycles. The number of rotatable bonds is 7. The number of anilines is 1. The molecule has 2 aliphatic rings. The molecule has 12 nitrogen and oxygen atoms in total. The molecule has 2 saturated heterocycles. The molecule has 12 heteroatoms. The Morgan fingerprint density at radius 3 is 2.36 bits per heavy atom. The lowest BCUT2D eigenvalue weighted by Gasteiger charge is -2.31. The number of carbonyl (C=O) groups is 4. The van der Waals surface area contributed by atoms with Gasteiger partial charge in [0, 0.05) is 24.8 Å². The largest absolute Gasteiger partial charge is 0.466 e. The highest BCUT2D eigenvalue weighted by atomic mass is 16.6. The number of cyclic esters (lactones) is 1. The van der Waals surface area contributed by atoms with Crippen molar-refractivity contribution in [1.29, 1.82) is 5.41 Å². The average Bonchev–Trinajstić information content (AvgIpc) is 3.23. The first-order valence-electron chi connectivity index (χ1n) is 12.0. The molecule has 2 fully saturated rings. The fourth-order valence-electron chi connectivity index (χ4n) is 4.10. The van der Waals surface area contributed by atoms with Crippen molar-refractivity contribution in [2.75, 3.05) is 51.3 Å². The van der Waals surface area contributed by atoms with Gasteiger partial charge < -0.3 is 14.2 Å². The summed E-state index contributed by atoms with van der Waals surface area (Å²) in [5.74, 6) is -0.412. The standard InChI is InChI=1S/C24H33N5O7/c1-4-34-21(30)17-10-12-28(13-11-17)14-19-15-29(24(33)36-19)18-8-6-16(7-9-18)20(25)26-22(31)27(3)23(32)35-5-2/h6-9,17,19H,4-5,10-15H2,1-3H3,(H2,25,26,31). The fourth-order valence-corrected chi connectivity index (χ4v) is 4.10. The number of likely N-dealkylation sites (tertiary alicyclic amines) is 1. The number of piperidine rings is 1. The number of nitrogens with zero attached hydrogens (tertiary/aromatic N) is 3. The summed E-state index contributed by atoms with van der Waals surface area (Å²) < 4.78 is 15.4. The third kappa shape index (κ3) is 6.72. The second kappa shape index (κ2) is 12.3. The van der Waals surface area contributed by atoms with Crippen LogP contribution >= 0.6 is 0 Å². The molecule has 0 radical (unpaired) electrons. The van der Waals surface area contributed by atoms with Crippen molar-refractivity contribution < 1.29 is 33.4 Å². The molecule has 2 aliphatic heterocycles. The van der Waals surface area contributed by atoms with Crippen molar-refractivity contribution in [3.8, 4) is 0 Å². The summed E-state index contributed by atoms with van der Waals surface area (Å²) in [6.07, 6.45) is -0.115. The van der Waals surface area contributed by atoms with Crippen LogP contribution in [0, 0.1) is 11.3 Å². The Labute approximate surface area is 209 Å². The Morgan fingerprint density at radius 2 is 1.75 bits per heavy atom. The number of urea groups is 1. The number of amidine groups is 1. The van der Waals surface area contributed by atoms with Crippen LogP contribution in [0.3, 0.4) is 0 Å². The highest BCUT2D eigenvalue weighted by Gasteiger charge is 2.35. The smallest absolute Gasteiger partial charge is 0.417 e. The average molecular weight is 504 g/mol. The van der Waals surface area contributed by atoms with E-state index in [1.54, 1.807) is 38.1 Å². The molecule has 2 N–H and O–H groups in total. The summed E-state index contributed by atoms with van der Waals surface area (Å²) in [5, 5.41) is 10.4. The lowest BCUT2D eigenvalue weighted by molar-refractivity contribution is -0.149. The van der Waals surface area contributed by atoms with E-state index in [2.05, 4.69) is 10.2 Å². The summed E-state index contributed by atoms with van der Waals surface area (Å²) in [5.41, 5.74) is 1.01. The van der Waals surface area contributed by atoms with Crippen LogP contribution < -0.4 is 10.2 Å². The van der Waals surface area contributed by atoms with E-state index < -0.39 is 18.2 Å². The van der Waals surface area contributed by atoms with Gasteiger partial charge in [-0.05, 0) is 64.0 Å². The van der Waals surface area contributed by atoms with Gasteiger partial charge in [0.15, 0.2) is 0 Å². The topological polar surface area (TPSA) is 142 Å². The van der Waals surface area contributed by atoms with Crippen LogP contribution in [-0.2, 0) is 19.0 Å². The Bertz CT molecular complexity index is 976. The monoisotopic (exact) mass is 503 g/mol. The first-order chi connectivity index (χ1) is 17.2. The molecule has 196 valence electrons. The molecule has 0 aliphatic carbocycles. The third-order valence-electron chi connectivity index (χ3n) is 6.09. The number of nitrogens with one attached hydrogen (secondary N) is 2. The number of hydrogen-bond acceptors (Lipinski definition) is 9. The molecule has 3 rings (SSSR count). The van der Waals surface area contributed by atoms with Gasteiger partial charge in [-0.2, -0.15) is 0 Å². The quantitative estimate of drug-likeness (QED) is 0.250. The Balaban J connectivity index is 1.50. The molecule has 0 saturated carbocycles. The maximum atomic E-state index is 12.5. The van der Waals surface area contributed by atoms with E-state index in [-0.39, 0.29) is 30.4 Å². The molecular weight excluding hydrogens is 470 g/mol. The number of benzene rings is 1. The van der Waals surface area contributed by atoms with Gasteiger partial charge in [0.25, 0.3) is 0 Å². The molecule has 4 amide bonds. The van der Waals surface area contributed by atoms with E-state index in [1.165, 1.54) is 11.9 Å². The van der Waals surface area contributed by atoms with Gasteiger partial charge in [0.2, 0.25) is 0 Å². The zero-order chi connectivity index (χ0) is 26.2. The highest BCUT2D eigenvalue weighted by Crippen LogP contribution is 2.24. The van der Waals surface area contributed by atoms with Gasteiger partial charge in [0.05, 0.1) is 25.7 Å². The normalized spacial score (nSPS) is 18.4. The SMILES string of the molecule is CCOC(=O)C1CCN(CC2CN(c3ccc(C(=N)NC(=O)N(C)C(=O)OCC)cc3)C(=O)O2)CC1. The van der Waals surface area contributed by atoms with Crippen molar-refractivity contribution in [2.24, 2.45) is 5.92 Å². The lowest BCUT2D eigenvalue weighted by atomic mass is 9.97. The van der Waals surface area contributed by atoms with Crippen LogP contribution in [0.15, 0.2) is 24.3 Å². The summed E-state index contributed by atoms with van der Waals surface area (Å²) in [6.45, 7) is 6.39. The number of ether oxygens (including phenoxy) is 3. The Kier molecular flexibility index (Phi) is 9.23. The van der Waals surface area contributed by atoms with Crippen molar-refractivity contribution in [2.45, 2.75) is 32.8 Å². The van der Waals surface area contributed by atoms with Gasteiger partial charge in [-0.3, -0.25) is 25.3 Å². The van der Waals surface area contributed by atoms with Crippen LogP contribution in [0.2, 0.25) is 0 Å².